The van der Waals surface area contributed by atoms with E-state index < -0.39 is 24.4 Å². The zero-order valence-electron chi connectivity index (χ0n) is 22.5. The number of hydrogen-bond donors (Lipinski definition) is 2. The average molecular weight is 522 g/mol. The van der Waals surface area contributed by atoms with Crippen LogP contribution in [0.4, 0.5) is 10.6 Å². The van der Waals surface area contributed by atoms with Crippen LogP contribution in [0.25, 0.3) is 17.2 Å². The maximum Gasteiger partial charge on any atom is 0.492 e. The number of anilines is 1. The van der Waals surface area contributed by atoms with Crippen LogP contribution in [0, 0.1) is 11.3 Å². The maximum atomic E-state index is 12.9. The van der Waals surface area contributed by atoms with Gasteiger partial charge in [0.2, 0.25) is 0 Å². The van der Waals surface area contributed by atoms with Gasteiger partial charge in [0, 0.05) is 18.7 Å². The molecule has 2 aromatic carbocycles. The number of ether oxygens (including phenoxy) is 1. The Bertz CT molecular complexity index is 1430. The predicted molar refractivity (Wildman–Crippen MR) is 150 cm³/mol. The molecule has 1 aromatic heterocycles. The zero-order valence-corrected chi connectivity index (χ0v) is 22.5. The van der Waals surface area contributed by atoms with Gasteiger partial charge in [-0.1, -0.05) is 54.6 Å². The molecule has 0 saturated carbocycles. The van der Waals surface area contributed by atoms with Gasteiger partial charge in [0.15, 0.2) is 0 Å². The SMILES string of the molecule is CC1(C)OB(C(=Cc2cnc(N)c(C#N)c2)CNC(=O)OCC2c3ccccc3-c3ccccc32)OC1(C)C. The normalized spacial score (nSPS) is 17.3. The molecule has 0 atom stereocenters. The highest BCUT2D eigenvalue weighted by Gasteiger charge is 2.52. The molecule has 3 aromatic rings. The summed E-state index contributed by atoms with van der Waals surface area (Å²) in [5, 5.41) is 12.2. The van der Waals surface area contributed by atoms with Crippen LogP contribution in [0.1, 0.15) is 55.9 Å². The second-order valence-electron chi connectivity index (χ2n) is 10.8. The number of rotatable bonds is 6. The van der Waals surface area contributed by atoms with Crippen LogP contribution in [0.3, 0.4) is 0 Å². The van der Waals surface area contributed by atoms with Crippen molar-refractivity contribution in [3.05, 3.63) is 88.5 Å². The average Bonchev–Trinajstić information content (AvgIpc) is 3.35. The van der Waals surface area contributed by atoms with Crippen molar-refractivity contribution in [2.24, 2.45) is 0 Å². The van der Waals surface area contributed by atoms with Crippen LogP contribution in [0.5, 0.6) is 0 Å². The molecule has 1 aliphatic carbocycles. The number of aromatic nitrogens is 1. The molecule has 9 heteroatoms. The molecule has 0 radical (unpaired) electrons. The molecule has 8 nitrogen and oxygen atoms in total. The Labute approximate surface area is 228 Å². The van der Waals surface area contributed by atoms with Gasteiger partial charge in [0.25, 0.3) is 0 Å². The second kappa shape index (κ2) is 10.2. The summed E-state index contributed by atoms with van der Waals surface area (Å²) < 4.78 is 18.2. The van der Waals surface area contributed by atoms with Crippen LogP contribution >= 0.6 is 0 Å². The topological polar surface area (TPSA) is 119 Å². The number of nitrogens with two attached hydrogens (primary N) is 1. The number of pyridine rings is 1. The van der Waals surface area contributed by atoms with E-state index in [2.05, 4.69) is 34.6 Å². The second-order valence-corrected chi connectivity index (χ2v) is 10.8. The summed E-state index contributed by atoms with van der Waals surface area (Å²) in [4.78, 5) is 17.0. The monoisotopic (exact) mass is 522 g/mol. The standard InChI is InChI=1S/C30H31BN4O4/c1-29(2)30(3,4)39-31(38-29)21(14-19-13-20(15-32)27(33)34-16-19)17-35-28(36)37-18-26-24-11-7-5-9-22(24)23-10-6-8-12-25(23)26/h5-14,16,26H,17-18H2,1-4H3,(H2,33,34)(H,35,36). The number of nitriles is 1. The first-order chi connectivity index (χ1) is 18.6. The van der Waals surface area contributed by atoms with Crippen molar-refractivity contribution in [3.63, 3.8) is 0 Å². The summed E-state index contributed by atoms with van der Waals surface area (Å²) in [5.74, 6) is 0.120. The minimum Gasteiger partial charge on any atom is -0.449 e. The van der Waals surface area contributed by atoms with Crippen LogP contribution < -0.4 is 11.1 Å². The van der Waals surface area contributed by atoms with Gasteiger partial charge >= 0.3 is 13.2 Å². The predicted octanol–water partition coefficient (Wildman–Crippen LogP) is 5.09. The summed E-state index contributed by atoms with van der Waals surface area (Å²) >= 11 is 0. The first kappa shape index (κ1) is 26.5. The number of hydrogen-bond acceptors (Lipinski definition) is 7. The van der Waals surface area contributed by atoms with E-state index in [-0.39, 0.29) is 30.5 Å². The summed E-state index contributed by atoms with van der Waals surface area (Å²) in [6.45, 7) is 8.16. The Morgan fingerprint density at radius 1 is 1.10 bits per heavy atom. The van der Waals surface area contributed by atoms with E-state index in [0.717, 1.165) is 11.1 Å². The van der Waals surface area contributed by atoms with Crippen LogP contribution in [-0.4, -0.2) is 42.5 Å². The summed E-state index contributed by atoms with van der Waals surface area (Å²) in [6, 6.07) is 20.1. The van der Waals surface area contributed by atoms with Crippen molar-refractivity contribution >= 4 is 25.1 Å². The summed E-state index contributed by atoms with van der Waals surface area (Å²) in [7, 11) is -0.716. The number of nitrogens with one attached hydrogen (secondary N) is 1. The Morgan fingerprint density at radius 3 is 2.28 bits per heavy atom. The maximum absolute atomic E-state index is 12.9. The number of amides is 1. The lowest BCUT2D eigenvalue weighted by molar-refractivity contribution is 0.00578. The fraction of sp³-hybridized carbons (Fsp3) is 0.300. The molecule has 39 heavy (non-hydrogen) atoms. The third kappa shape index (κ3) is 5.13. The Balaban J connectivity index is 1.32. The third-order valence-electron chi connectivity index (χ3n) is 7.75. The quantitative estimate of drug-likeness (QED) is 0.433. The lowest BCUT2D eigenvalue weighted by Crippen LogP contribution is -2.41. The number of benzene rings is 2. The van der Waals surface area contributed by atoms with Gasteiger partial charge in [-0.2, -0.15) is 5.26 Å². The Hall–Kier alpha value is -4.13. The van der Waals surface area contributed by atoms with E-state index in [1.165, 1.54) is 11.1 Å². The molecule has 1 amide bonds. The van der Waals surface area contributed by atoms with E-state index >= 15 is 0 Å². The molecule has 5 rings (SSSR count). The van der Waals surface area contributed by atoms with Crippen LogP contribution in [0.15, 0.2) is 66.3 Å². The number of fused-ring (bicyclic) bond motifs is 3. The molecule has 0 spiro atoms. The highest BCUT2D eigenvalue weighted by atomic mass is 16.7. The number of nitrogen functional groups attached to an aromatic ring is 1. The minimum atomic E-state index is -0.716. The van der Waals surface area contributed by atoms with Crippen molar-refractivity contribution in [1.82, 2.24) is 10.3 Å². The van der Waals surface area contributed by atoms with Gasteiger partial charge in [-0.05, 0) is 67.1 Å². The van der Waals surface area contributed by atoms with Crippen molar-refractivity contribution in [2.45, 2.75) is 44.8 Å². The molecule has 1 aliphatic heterocycles. The number of nitrogens with zero attached hydrogens (tertiary/aromatic N) is 2. The van der Waals surface area contributed by atoms with Gasteiger partial charge in [-0.15, -0.1) is 0 Å². The fourth-order valence-electron chi connectivity index (χ4n) is 4.89. The van der Waals surface area contributed by atoms with Crippen molar-refractivity contribution in [2.75, 3.05) is 18.9 Å². The number of carbonyl (C=O) groups is 1. The highest BCUT2D eigenvalue weighted by Crippen LogP contribution is 2.44. The fourth-order valence-corrected chi connectivity index (χ4v) is 4.89. The number of alkyl carbamates (subject to hydrolysis) is 1. The smallest absolute Gasteiger partial charge is 0.449 e. The number of carbonyl (C=O) groups excluding carboxylic acids is 1. The van der Waals surface area contributed by atoms with E-state index in [1.54, 1.807) is 18.3 Å². The van der Waals surface area contributed by atoms with Crippen molar-refractivity contribution in [1.29, 1.82) is 5.26 Å². The van der Waals surface area contributed by atoms with Gasteiger partial charge in [0.1, 0.15) is 18.5 Å². The highest BCUT2D eigenvalue weighted by molar-refractivity contribution is 6.56. The molecule has 0 bridgehead atoms. The largest absolute Gasteiger partial charge is 0.492 e. The molecule has 0 unspecified atom stereocenters. The van der Waals surface area contributed by atoms with E-state index in [4.69, 9.17) is 19.8 Å². The molecule has 1 fully saturated rings. The van der Waals surface area contributed by atoms with Crippen LogP contribution in [0.2, 0.25) is 0 Å². The van der Waals surface area contributed by atoms with E-state index in [9.17, 15) is 10.1 Å². The Kier molecular flexibility index (Phi) is 6.93. The summed E-state index contributed by atoms with van der Waals surface area (Å²) in [5.41, 5.74) is 10.8. The zero-order chi connectivity index (χ0) is 27.8. The lowest BCUT2D eigenvalue weighted by atomic mass is 9.77. The molecular weight excluding hydrogens is 491 g/mol. The molecule has 1 saturated heterocycles. The van der Waals surface area contributed by atoms with E-state index in [1.807, 2.05) is 58.0 Å². The Morgan fingerprint density at radius 2 is 1.69 bits per heavy atom. The third-order valence-corrected chi connectivity index (χ3v) is 7.75. The molecule has 2 aliphatic rings. The van der Waals surface area contributed by atoms with E-state index in [0.29, 0.717) is 11.0 Å². The molecule has 3 N–H and O–H groups in total. The van der Waals surface area contributed by atoms with Gasteiger partial charge in [0.05, 0.1) is 16.8 Å². The van der Waals surface area contributed by atoms with Crippen LogP contribution in [-0.2, 0) is 14.0 Å². The molecule has 198 valence electrons. The molecule has 2 heterocycles. The first-order valence-corrected chi connectivity index (χ1v) is 12.9. The van der Waals surface area contributed by atoms with Gasteiger partial charge in [-0.25, -0.2) is 9.78 Å². The van der Waals surface area contributed by atoms with Crippen molar-refractivity contribution in [3.8, 4) is 17.2 Å². The minimum absolute atomic E-state index is 0.0356. The first-order valence-electron chi connectivity index (χ1n) is 12.9. The van der Waals surface area contributed by atoms with Gasteiger partial charge < -0.3 is 25.1 Å². The molecular formula is C30H31BN4O4. The van der Waals surface area contributed by atoms with Crippen molar-refractivity contribution < 1.29 is 18.8 Å². The summed E-state index contributed by atoms with van der Waals surface area (Å²) in [6.07, 6.45) is 2.81. The van der Waals surface area contributed by atoms with Gasteiger partial charge in [-0.3, -0.25) is 0 Å². The lowest BCUT2D eigenvalue weighted by Gasteiger charge is -2.32.